The van der Waals surface area contributed by atoms with Crippen molar-refractivity contribution in [1.82, 2.24) is 0 Å². The van der Waals surface area contributed by atoms with Crippen LogP contribution in [0.4, 0.5) is 11.4 Å². The molecule has 2 rings (SSSR count). The van der Waals surface area contributed by atoms with E-state index in [-0.39, 0.29) is 10.6 Å². The molecule has 5 nitrogen and oxygen atoms in total. The molecular formula is C13H12BrClN2O3S. The molecule has 0 aromatic heterocycles. The molecule has 0 amide bonds. The minimum absolute atomic E-state index is 0.0676. The number of hydrogen-bond donors (Lipinski definition) is 2. The second-order valence-corrected chi connectivity index (χ2v) is 7.08. The summed E-state index contributed by atoms with van der Waals surface area (Å²) in [6.45, 7) is 0. The Morgan fingerprint density at radius 1 is 1.24 bits per heavy atom. The summed E-state index contributed by atoms with van der Waals surface area (Å²) in [5.41, 5.74) is 6.20. The fourth-order valence-corrected chi connectivity index (χ4v) is 3.67. The first-order valence-corrected chi connectivity index (χ1v) is 8.40. The SMILES string of the molecule is COc1ccc(NS(=O)(=O)c2cc(Cl)ccc2N)cc1Br. The molecule has 0 heterocycles. The van der Waals surface area contributed by atoms with E-state index in [1.54, 1.807) is 18.2 Å². The summed E-state index contributed by atoms with van der Waals surface area (Å²) in [6.07, 6.45) is 0. The lowest BCUT2D eigenvalue weighted by Crippen LogP contribution is -2.14. The van der Waals surface area contributed by atoms with Crippen LogP contribution in [0.15, 0.2) is 45.8 Å². The molecule has 2 aromatic rings. The third-order valence-corrected chi connectivity index (χ3v) is 4.96. The van der Waals surface area contributed by atoms with Crippen LogP contribution in [-0.4, -0.2) is 15.5 Å². The van der Waals surface area contributed by atoms with E-state index in [4.69, 9.17) is 22.1 Å². The van der Waals surface area contributed by atoms with Gasteiger partial charge < -0.3 is 10.5 Å². The van der Waals surface area contributed by atoms with Gasteiger partial charge in [-0.3, -0.25) is 4.72 Å². The number of halogens is 2. The molecule has 0 aliphatic carbocycles. The molecule has 0 aliphatic rings. The van der Waals surface area contributed by atoms with Crippen LogP contribution in [-0.2, 0) is 10.0 Å². The molecular weight excluding hydrogens is 380 g/mol. The van der Waals surface area contributed by atoms with Gasteiger partial charge in [0.25, 0.3) is 10.0 Å². The number of methoxy groups -OCH3 is 1. The lowest BCUT2D eigenvalue weighted by Gasteiger charge is -2.12. The van der Waals surface area contributed by atoms with Crippen molar-refractivity contribution in [3.63, 3.8) is 0 Å². The van der Waals surface area contributed by atoms with Crippen molar-refractivity contribution in [3.8, 4) is 5.75 Å². The molecule has 0 atom stereocenters. The molecule has 0 fully saturated rings. The Kier molecular flexibility index (Phi) is 4.65. The van der Waals surface area contributed by atoms with Crippen molar-refractivity contribution in [1.29, 1.82) is 0 Å². The molecule has 0 aliphatic heterocycles. The molecule has 0 bridgehead atoms. The maximum Gasteiger partial charge on any atom is 0.263 e. The number of nitrogens with one attached hydrogen (secondary N) is 1. The lowest BCUT2D eigenvalue weighted by atomic mass is 10.3. The van der Waals surface area contributed by atoms with E-state index < -0.39 is 10.0 Å². The monoisotopic (exact) mass is 390 g/mol. The van der Waals surface area contributed by atoms with Crippen LogP contribution < -0.4 is 15.2 Å². The standard InChI is InChI=1S/C13H12BrClN2O3S/c1-20-12-5-3-9(7-10(12)14)17-21(18,19)13-6-8(15)2-4-11(13)16/h2-7,17H,16H2,1H3. The van der Waals surface area contributed by atoms with Crippen molar-refractivity contribution < 1.29 is 13.2 Å². The van der Waals surface area contributed by atoms with Crippen LogP contribution in [0.1, 0.15) is 0 Å². The van der Waals surface area contributed by atoms with Gasteiger partial charge in [0.15, 0.2) is 0 Å². The van der Waals surface area contributed by atoms with Gasteiger partial charge >= 0.3 is 0 Å². The highest BCUT2D eigenvalue weighted by Crippen LogP contribution is 2.30. The molecule has 8 heteroatoms. The minimum Gasteiger partial charge on any atom is -0.496 e. The first-order chi connectivity index (χ1) is 9.83. The highest BCUT2D eigenvalue weighted by atomic mass is 79.9. The van der Waals surface area contributed by atoms with Gasteiger partial charge in [0, 0.05) is 5.02 Å². The van der Waals surface area contributed by atoms with E-state index in [0.717, 1.165) is 0 Å². The summed E-state index contributed by atoms with van der Waals surface area (Å²) in [6, 6.07) is 9.10. The molecule has 0 saturated heterocycles. The molecule has 21 heavy (non-hydrogen) atoms. The molecule has 0 saturated carbocycles. The summed E-state index contributed by atoms with van der Waals surface area (Å²) in [5, 5.41) is 0.292. The number of ether oxygens (including phenoxy) is 1. The second kappa shape index (κ2) is 6.13. The van der Waals surface area contributed by atoms with Crippen molar-refractivity contribution in [2.24, 2.45) is 0 Å². The van der Waals surface area contributed by atoms with Crippen LogP contribution in [0.25, 0.3) is 0 Å². The summed E-state index contributed by atoms with van der Waals surface area (Å²) in [5.74, 6) is 0.597. The molecule has 0 radical (unpaired) electrons. The number of benzene rings is 2. The first kappa shape index (κ1) is 15.9. The predicted molar refractivity (Wildman–Crippen MR) is 87.4 cm³/mol. The average Bonchev–Trinajstić information content (AvgIpc) is 2.41. The Hall–Kier alpha value is -1.44. The van der Waals surface area contributed by atoms with Gasteiger partial charge in [-0.15, -0.1) is 0 Å². The van der Waals surface area contributed by atoms with Crippen molar-refractivity contribution >= 4 is 48.9 Å². The van der Waals surface area contributed by atoms with Crippen molar-refractivity contribution in [2.45, 2.75) is 4.90 Å². The summed E-state index contributed by atoms with van der Waals surface area (Å²) in [4.78, 5) is -0.0676. The third kappa shape index (κ3) is 3.61. The largest absolute Gasteiger partial charge is 0.496 e. The Bertz CT molecular complexity index is 781. The molecule has 3 N–H and O–H groups in total. The van der Waals surface area contributed by atoms with E-state index in [1.165, 1.54) is 25.3 Å². The van der Waals surface area contributed by atoms with Gasteiger partial charge in [-0.05, 0) is 52.3 Å². The number of sulfonamides is 1. The topological polar surface area (TPSA) is 81.4 Å². The Labute approximate surface area is 136 Å². The van der Waals surface area contributed by atoms with Gasteiger partial charge in [0.2, 0.25) is 0 Å². The fourth-order valence-electron chi connectivity index (χ4n) is 1.68. The van der Waals surface area contributed by atoms with Crippen molar-refractivity contribution in [3.05, 3.63) is 45.9 Å². The lowest BCUT2D eigenvalue weighted by molar-refractivity contribution is 0.412. The molecule has 0 spiro atoms. The van der Waals surface area contributed by atoms with Gasteiger partial charge in [-0.2, -0.15) is 0 Å². The number of nitrogens with two attached hydrogens (primary N) is 1. The first-order valence-electron chi connectivity index (χ1n) is 5.75. The van der Waals surface area contributed by atoms with Gasteiger partial charge in [0.1, 0.15) is 10.6 Å². The maximum atomic E-state index is 12.3. The summed E-state index contributed by atoms with van der Waals surface area (Å²) < 4.78 is 32.8. The number of hydrogen-bond acceptors (Lipinski definition) is 4. The summed E-state index contributed by atoms with van der Waals surface area (Å²) >= 11 is 9.11. The highest BCUT2D eigenvalue weighted by Gasteiger charge is 2.18. The molecule has 112 valence electrons. The average molecular weight is 392 g/mol. The number of rotatable bonds is 4. The maximum absolute atomic E-state index is 12.3. The van der Waals surface area contributed by atoms with E-state index in [2.05, 4.69) is 20.7 Å². The van der Waals surface area contributed by atoms with E-state index in [0.29, 0.717) is 20.9 Å². The Balaban J connectivity index is 2.37. The van der Waals surface area contributed by atoms with Crippen LogP contribution in [0.5, 0.6) is 5.75 Å². The molecule has 2 aromatic carbocycles. The molecule has 0 unspecified atom stereocenters. The highest BCUT2D eigenvalue weighted by molar-refractivity contribution is 9.10. The Morgan fingerprint density at radius 3 is 2.57 bits per heavy atom. The number of anilines is 2. The fraction of sp³-hybridized carbons (Fsp3) is 0.0769. The smallest absolute Gasteiger partial charge is 0.263 e. The minimum atomic E-state index is -3.82. The van der Waals surface area contributed by atoms with Crippen LogP contribution >= 0.6 is 27.5 Å². The van der Waals surface area contributed by atoms with Gasteiger partial charge in [0.05, 0.1) is 23.0 Å². The normalized spacial score (nSPS) is 11.2. The zero-order valence-corrected chi connectivity index (χ0v) is 14.1. The van der Waals surface area contributed by atoms with E-state index in [1.807, 2.05) is 0 Å². The van der Waals surface area contributed by atoms with Crippen LogP contribution in [0, 0.1) is 0 Å². The van der Waals surface area contributed by atoms with Crippen molar-refractivity contribution in [2.75, 3.05) is 17.6 Å². The van der Waals surface area contributed by atoms with Gasteiger partial charge in [-0.1, -0.05) is 11.6 Å². The third-order valence-electron chi connectivity index (χ3n) is 2.67. The zero-order valence-electron chi connectivity index (χ0n) is 10.9. The zero-order chi connectivity index (χ0) is 15.6. The van der Waals surface area contributed by atoms with Crippen LogP contribution in [0.2, 0.25) is 5.02 Å². The van der Waals surface area contributed by atoms with Gasteiger partial charge in [-0.25, -0.2) is 8.42 Å². The quantitative estimate of drug-likeness (QED) is 0.782. The Morgan fingerprint density at radius 2 is 1.95 bits per heavy atom. The van der Waals surface area contributed by atoms with Crippen LogP contribution in [0.3, 0.4) is 0 Å². The van der Waals surface area contributed by atoms with E-state index in [9.17, 15) is 8.42 Å². The predicted octanol–water partition coefficient (Wildman–Crippen LogP) is 3.49. The van der Waals surface area contributed by atoms with E-state index >= 15 is 0 Å². The number of nitrogen functional groups attached to an aromatic ring is 1. The summed E-state index contributed by atoms with van der Waals surface area (Å²) in [7, 11) is -2.30. The second-order valence-electron chi connectivity index (χ2n) is 4.14.